The van der Waals surface area contributed by atoms with Crippen molar-refractivity contribution in [2.24, 2.45) is 5.92 Å². The van der Waals surface area contributed by atoms with Crippen molar-refractivity contribution in [3.63, 3.8) is 0 Å². The molecule has 25 heavy (non-hydrogen) atoms. The van der Waals surface area contributed by atoms with Crippen molar-refractivity contribution in [1.29, 1.82) is 0 Å². The van der Waals surface area contributed by atoms with Crippen molar-refractivity contribution in [2.45, 2.75) is 51.4 Å². The Kier molecular flexibility index (Phi) is 6.31. The van der Waals surface area contributed by atoms with Crippen LogP contribution in [0.3, 0.4) is 0 Å². The lowest BCUT2D eigenvalue weighted by atomic mass is 9.89. The first-order chi connectivity index (χ1) is 12.2. The Morgan fingerprint density at radius 1 is 0.960 bits per heavy atom. The SMILES string of the molecule is O=C(COC(=O)C1CCCCC1)Nc1ccc(N2CCCCC2)cc1. The highest BCUT2D eigenvalue weighted by molar-refractivity contribution is 5.93. The quantitative estimate of drug-likeness (QED) is 0.827. The molecule has 0 unspecified atom stereocenters. The zero-order chi connectivity index (χ0) is 17.5. The van der Waals surface area contributed by atoms with Gasteiger partial charge in [-0.3, -0.25) is 9.59 Å². The van der Waals surface area contributed by atoms with Crippen LogP contribution in [0, 0.1) is 5.92 Å². The van der Waals surface area contributed by atoms with Gasteiger partial charge in [0.2, 0.25) is 0 Å². The first-order valence-electron chi connectivity index (χ1n) is 9.54. The zero-order valence-corrected chi connectivity index (χ0v) is 14.8. The number of rotatable bonds is 5. The van der Waals surface area contributed by atoms with Crippen LogP contribution >= 0.6 is 0 Å². The van der Waals surface area contributed by atoms with Gasteiger partial charge in [0.15, 0.2) is 6.61 Å². The number of benzene rings is 1. The van der Waals surface area contributed by atoms with Gasteiger partial charge in [0.1, 0.15) is 0 Å². The maximum absolute atomic E-state index is 12.0. The highest BCUT2D eigenvalue weighted by Crippen LogP contribution is 2.25. The number of ether oxygens (including phenoxy) is 1. The summed E-state index contributed by atoms with van der Waals surface area (Å²) in [5.74, 6) is -0.532. The molecule has 1 N–H and O–H groups in total. The molecule has 1 aliphatic heterocycles. The average Bonchev–Trinajstić information content (AvgIpc) is 2.68. The van der Waals surface area contributed by atoms with Crippen LogP contribution < -0.4 is 10.2 Å². The van der Waals surface area contributed by atoms with E-state index in [9.17, 15) is 9.59 Å². The minimum absolute atomic E-state index is 0.0228. The molecule has 0 bridgehead atoms. The van der Waals surface area contributed by atoms with Gasteiger partial charge in [-0.2, -0.15) is 0 Å². The van der Waals surface area contributed by atoms with Crippen LogP contribution in [0.1, 0.15) is 51.4 Å². The number of amides is 1. The number of carbonyl (C=O) groups is 2. The predicted molar refractivity (Wildman–Crippen MR) is 98.7 cm³/mol. The van der Waals surface area contributed by atoms with Gasteiger partial charge < -0.3 is 15.0 Å². The van der Waals surface area contributed by atoms with E-state index in [0.717, 1.165) is 44.5 Å². The summed E-state index contributed by atoms with van der Waals surface area (Å²) in [6.07, 6.45) is 8.92. The summed E-state index contributed by atoms with van der Waals surface area (Å²) in [7, 11) is 0. The Labute approximate surface area is 149 Å². The summed E-state index contributed by atoms with van der Waals surface area (Å²) in [6, 6.07) is 7.89. The molecule has 2 aliphatic rings. The second-order valence-corrected chi connectivity index (χ2v) is 7.09. The second-order valence-electron chi connectivity index (χ2n) is 7.09. The van der Waals surface area contributed by atoms with Crippen molar-refractivity contribution in [3.05, 3.63) is 24.3 Å². The van der Waals surface area contributed by atoms with E-state index in [0.29, 0.717) is 0 Å². The fraction of sp³-hybridized carbons (Fsp3) is 0.600. The number of carbonyl (C=O) groups excluding carboxylic acids is 2. The fourth-order valence-corrected chi connectivity index (χ4v) is 3.70. The summed E-state index contributed by atoms with van der Waals surface area (Å²) < 4.78 is 5.18. The van der Waals surface area contributed by atoms with Gasteiger partial charge in [0, 0.05) is 24.5 Å². The van der Waals surface area contributed by atoms with Crippen molar-refractivity contribution < 1.29 is 14.3 Å². The number of anilines is 2. The number of hydrogen-bond donors (Lipinski definition) is 1. The van der Waals surface area contributed by atoms with Crippen LogP contribution in [0.15, 0.2) is 24.3 Å². The minimum Gasteiger partial charge on any atom is -0.455 e. The maximum atomic E-state index is 12.0. The molecule has 2 fully saturated rings. The van der Waals surface area contributed by atoms with E-state index in [1.54, 1.807) is 0 Å². The monoisotopic (exact) mass is 344 g/mol. The van der Waals surface area contributed by atoms with Crippen LogP contribution in [-0.4, -0.2) is 31.6 Å². The van der Waals surface area contributed by atoms with Gasteiger partial charge in [-0.25, -0.2) is 0 Å². The van der Waals surface area contributed by atoms with Gasteiger partial charge in [-0.05, 0) is 56.4 Å². The smallest absolute Gasteiger partial charge is 0.309 e. The third kappa shape index (κ3) is 5.21. The van der Waals surface area contributed by atoms with E-state index in [2.05, 4.69) is 10.2 Å². The molecule has 1 amide bonds. The molecule has 0 spiro atoms. The fourth-order valence-electron chi connectivity index (χ4n) is 3.70. The second kappa shape index (κ2) is 8.88. The Hall–Kier alpha value is -2.04. The number of esters is 1. The zero-order valence-electron chi connectivity index (χ0n) is 14.8. The van der Waals surface area contributed by atoms with Gasteiger partial charge in [0.05, 0.1) is 5.92 Å². The first-order valence-corrected chi connectivity index (χ1v) is 9.54. The minimum atomic E-state index is -0.283. The first kappa shape index (κ1) is 17.8. The Balaban J connectivity index is 1.43. The van der Waals surface area contributed by atoms with Crippen LogP contribution in [-0.2, 0) is 14.3 Å². The van der Waals surface area contributed by atoms with Gasteiger partial charge >= 0.3 is 5.97 Å². The van der Waals surface area contributed by atoms with Crippen LogP contribution in [0.25, 0.3) is 0 Å². The lowest BCUT2D eigenvalue weighted by molar-refractivity contribution is -0.152. The van der Waals surface area contributed by atoms with Crippen LogP contribution in [0.4, 0.5) is 11.4 Å². The topological polar surface area (TPSA) is 58.6 Å². The molecular weight excluding hydrogens is 316 g/mol. The Bertz CT molecular complexity index is 573. The van der Waals surface area contributed by atoms with E-state index in [1.165, 1.54) is 31.4 Å². The molecular formula is C20H28N2O3. The van der Waals surface area contributed by atoms with Crippen molar-refractivity contribution in [1.82, 2.24) is 0 Å². The van der Waals surface area contributed by atoms with E-state index in [-0.39, 0.29) is 24.4 Å². The normalized spacial score (nSPS) is 18.6. The highest BCUT2D eigenvalue weighted by Gasteiger charge is 2.23. The predicted octanol–water partition coefficient (Wildman–Crippen LogP) is 3.74. The molecule has 1 saturated heterocycles. The lowest BCUT2D eigenvalue weighted by Crippen LogP contribution is -2.29. The standard InChI is InChI=1S/C20H28N2O3/c23-19(15-25-20(24)16-7-3-1-4-8-16)21-17-9-11-18(12-10-17)22-13-5-2-6-14-22/h9-12,16H,1-8,13-15H2,(H,21,23). The van der Waals surface area contributed by atoms with Gasteiger partial charge in [0.25, 0.3) is 5.91 Å². The van der Waals surface area contributed by atoms with E-state index < -0.39 is 0 Å². The summed E-state index contributed by atoms with van der Waals surface area (Å²) in [5.41, 5.74) is 1.93. The largest absolute Gasteiger partial charge is 0.455 e. The summed E-state index contributed by atoms with van der Waals surface area (Å²) in [6.45, 7) is 1.99. The van der Waals surface area contributed by atoms with Crippen molar-refractivity contribution >= 4 is 23.3 Å². The molecule has 1 heterocycles. The molecule has 0 aromatic heterocycles. The summed E-state index contributed by atoms with van der Waals surface area (Å²) in [4.78, 5) is 26.3. The number of piperidine rings is 1. The maximum Gasteiger partial charge on any atom is 0.309 e. The third-order valence-electron chi connectivity index (χ3n) is 5.16. The van der Waals surface area contributed by atoms with E-state index in [1.807, 2.05) is 24.3 Å². The van der Waals surface area contributed by atoms with Crippen molar-refractivity contribution in [3.8, 4) is 0 Å². The van der Waals surface area contributed by atoms with Gasteiger partial charge in [-0.15, -0.1) is 0 Å². The van der Waals surface area contributed by atoms with Crippen LogP contribution in [0.2, 0.25) is 0 Å². The van der Waals surface area contributed by atoms with Gasteiger partial charge in [-0.1, -0.05) is 19.3 Å². The van der Waals surface area contributed by atoms with E-state index >= 15 is 0 Å². The molecule has 1 aromatic rings. The molecule has 0 atom stereocenters. The molecule has 3 rings (SSSR count). The average molecular weight is 344 g/mol. The lowest BCUT2D eigenvalue weighted by Gasteiger charge is -2.28. The Morgan fingerprint density at radius 2 is 1.60 bits per heavy atom. The molecule has 0 radical (unpaired) electrons. The molecule has 5 heteroatoms. The van der Waals surface area contributed by atoms with Crippen LogP contribution in [0.5, 0.6) is 0 Å². The van der Waals surface area contributed by atoms with Crippen molar-refractivity contribution in [2.75, 3.05) is 29.9 Å². The Morgan fingerprint density at radius 3 is 2.28 bits per heavy atom. The third-order valence-corrected chi connectivity index (χ3v) is 5.16. The summed E-state index contributed by atoms with van der Waals surface area (Å²) >= 11 is 0. The molecule has 1 saturated carbocycles. The number of hydrogen-bond acceptors (Lipinski definition) is 4. The molecule has 136 valence electrons. The molecule has 5 nitrogen and oxygen atoms in total. The highest BCUT2D eigenvalue weighted by atomic mass is 16.5. The molecule has 1 aliphatic carbocycles. The number of nitrogens with one attached hydrogen (secondary N) is 1. The molecule has 1 aromatic carbocycles. The van der Waals surface area contributed by atoms with E-state index in [4.69, 9.17) is 4.74 Å². The summed E-state index contributed by atoms with van der Waals surface area (Å²) in [5, 5.41) is 2.80. The number of nitrogens with zero attached hydrogens (tertiary/aromatic N) is 1.